The van der Waals surface area contributed by atoms with Gasteiger partial charge in [0.05, 0.1) is 0 Å². The summed E-state index contributed by atoms with van der Waals surface area (Å²) in [5.74, 6) is -3.18. The molecule has 0 aliphatic heterocycles. The molecule has 0 bridgehead atoms. The second kappa shape index (κ2) is 11.3. The molecule has 13 heteroatoms. The van der Waals surface area contributed by atoms with E-state index >= 15 is 0 Å². The number of nitrogens with one attached hydrogen (secondary N) is 1. The summed E-state index contributed by atoms with van der Waals surface area (Å²) in [6.45, 7) is 0.159. The monoisotopic (exact) mass is 496 g/mol. The number of hydrogen-bond acceptors (Lipinski definition) is 7. The topological polar surface area (TPSA) is 151 Å². The fourth-order valence-corrected chi connectivity index (χ4v) is 4.14. The van der Waals surface area contributed by atoms with Gasteiger partial charge in [-0.1, -0.05) is 11.6 Å². The Hall–Kier alpha value is -3.61. The van der Waals surface area contributed by atoms with Crippen LogP contribution in [0.2, 0.25) is 5.15 Å². The van der Waals surface area contributed by atoms with Crippen molar-refractivity contribution in [2.75, 3.05) is 7.05 Å². The number of rotatable bonds is 7. The smallest absolute Gasteiger partial charge is 0.328 e. The van der Waals surface area contributed by atoms with Crippen molar-refractivity contribution >= 4 is 33.6 Å². The van der Waals surface area contributed by atoms with Gasteiger partial charge in [-0.2, -0.15) is 0 Å². The highest BCUT2D eigenvalue weighted by molar-refractivity contribution is 7.90. The third-order valence-corrected chi connectivity index (χ3v) is 5.87. The Morgan fingerprint density at radius 1 is 1.18 bits per heavy atom. The molecule has 3 heterocycles. The zero-order valence-corrected chi connectivity index (χ0v) is 18.6. The van der Waals surface area contributed by atoms with Gasteiger partial charge >= 0.3 is 11.9 Å². The van der Waals surface area contributed by atoms with E-state index in [9.17, 15) is 22.4 Å². The summed E-state index contributed by atoms with van der Waals surface area (Å²) in [6.07, 6.45) is 6.47. The van der Waals surface area contributed by atoms with E-state index in [1.165, 1.54) is 43.0 Å². The summed E-state index contributed by atoms with van der Waals surface area (Å²) in [5, 5.41) is 18.5. The first-order valence-corrected chi connectivity index (χ1v) is 10.9. The largest absolute Gasteiger partial charge is 0.478 e. The highest BCUT2D eigenvalue weighted by atomic mass is 35.5. The summed E-state index contributed by atoms with van der Waals surface area (Å²) >= 11 is 6.07. The maximum Gasteiger partial charge on any atom is 0.328 e. The minimum absolute atomic E-state index is 0.0122. The Morgan fingerprint density at radius 3 is 2.33 bits per heavy atom. The molecule has 0 aliphatic carbocycles. The van der Waals surface area contributed by atoms with E-state index in [-0.39, 0.29) is 33.4 Å². The second-order valence-corrected chi connectivity index (χ2v) is 8.36. The molecule has 3 N–H and O–H groups in total. The Labute approximate surface area is 193 Å². The average Bonchev–Trinajstić information content (AvgIpc) is 3.11. The number of carbonyl (C=O) groups is 2. The van der Waals surface area contributed by atoms with Crippen molar-refractivity contribution in [3.63, 3.8) is 0 Å². The summed E-state index contributed by atoms with van der Waals surface area (Å²) in [6, 6.07) is 5.98. The van der Waals surface area contributed by atoms with Gasteiger partial charge in [0.15, 0.2) is 5.82 Å². The molecule has 0 aliphatic rings. The molecule has 3 aromatic rings. The second-order valence-electron chi connectivity index (χ2n) is 6.19. The average molecular weight is 497 g/mol. The molecule has 33 heavy (non-hydrogen) atoms. The number of halogens is 2. The number of carboxylic acids is 2. The van der Waals surface area contributed by atoms with Crippen LogP contribution in [-0.4, -0.2) is 51.6 Å². The predicted octanol–water partition coefficient (Wildman–Crippen LogP) is 2.41. The standard InChI is InChI=1S/C16H14ClFN4O2S.C4H4O4/c1-19-8-11-10-22(25(23,24)12-4-2-6-20-9-12)15(14(11)18)13-5-3-7-21-16(13)17;5-3(6)1-2-4(7)8/h2-7,9-10,19H,8H2,1H3;1-2H,(H,5,6)(H,7,8)/b;2-1+. The highest BCUT2D eigenvalue weighted by Crippen LogP contribution is 2.33. The summed E-state index contributed by atoms with van der Waals surface area (Å²) in [4.78, 5) is 26.8. The molecule has 0 saturated heterocycles. The number of carboxylic acid groups (broad SMARTS) is 2. The van der Waals surface area contributed by atoms with Crippen LogP contribution in [0.1, 0.15) is 5.56 Å². The molecule has 10 nitrogen and oxygen atoms in total. The lowest BCUT2D eigenvalue weighted by atomic mass is 10.2. The van der Waals surface area contributed by atoms with E-state index in [0.29, 0.717) is 12.2 Å². The van der Waals surface area contributed by atoms with Crippen LogP contribution in [0.4, 0.5) is 4.39 Å². The lowest BCUT2D eigenvalue weighted by molar-refractivity contribution is -0.134. The van der Waals surface area contributed by atoms with E-state index in [1.54, 1.807) is 13.1 Å². The minimum Gasteiger partial charge on any atom is -0.478 e. The van der Waals surface area contributed by atoms with E-state index in [4.69, 9.17) is 21.8 Å². The van der Waals surface area contributed by atoms with Crippen LogP contribution in [0.15, 0.2) is 66.1 Å². The van der Waals surface area contributed by atoms with E-state index < -0.39 is 27.8 Å². The van der Waals surface area contributed by atoms with Crippen molar-refractivity contribution < 1.29 is 32.6 Å². The van der Waals surface area contributed by atoms with Gasteiger partial charge in [0, 0.05) is 54.6 Å². The molecular weight excluding hydrogens is 479 g/mol. The SMILES string of the molecule is CNCc1cn(S(=O)(=O)c2cccnc2)c(-c2cccnc2Cl)c1F.O=C(O)/C=C/C(=O)O. The van der Waals surface area contributed by atoms with Crippen molar-refractivity contribution in [1.29, 1.82) is 0 Å². The molecular formula is C20H18ClFN4O6S. The van der Waals surface area contributed by atoms with Crippen molar-refractivity contribution in [2.24, 2.45) is 0 Å². The summed E-state index contributed by atoms with van der Waals surface area (Å²) in [7, 11) is -2.41. The minimum atomic E-state index is -4.05. The van der Waals surface area contributed by atoms with Gasteiger partial charge in [-0.25, -0.2) is 31.4 Å². The third kappa shape index (κ3) is 6.44. The van der Waals surface area contributed by atoms with E-state index in [2.05, 4.69) is 15.3 Å². The number of pyridine rings is 2. The van der Waals surface area contributed by atoms with Crippen molar-refractivity contribution in [3.8, 4) is 11.3 Å². The lowest BCUT2D eigenvalue weighted by Gasteiger charge is -2.11. The molecule has 3 rings (SSSR count). The van der Waals surface area contributed by atoms with Gasteiger partial charge in [-0.15, -0.1) is 0 Å². The van der Waals surface area contributed by atoms with Gasteiger partial charge < -0.3 is 15.5 Å². The molecule has 0 aromatic carbocycles. The van der Waals surface area contributed by atoms with Gasteiger partial charge in [-0.3, -0.25) is 4.98 Å². The first kappa shape index (κ1) is 25.6. The molecule has 0 spiro atoms. The molecule has 0 radical (unpaired) electrons. The normalized spacial score (nSPS) is 11.1. The maximum absolute atomic E-state index is 15.0. The molecule has 3 aromatic heterocycles. The number of aliphatic carboxylic acids is 2. The Morgan fingerprint density at radius 2 is 1.82 bits per heavy atom. The van der Waals surface area contributed by atoms with Crippen LogP contribution in [-0.2, 0) is 26.2 Å². The predicted molar refractivity (Wildman–Crippen MR) is 117 cm³/mol. The lowest BCUT2D eigenvalue weighted by Crippen LogP contribution is -2.14. The number of nitrogens with zero attached hydrogens (tertiary/aromatic N) is 3. The Kier molecular flexibility index (Phi) is 8.79. The summed E-state index contributed by atoms with van der Waals surface area (Å²) in [5.41, 5.74) is 0.230. The first-order chi connectivity index (χ1) is 15.6. The van der Waals surface area contributed by atoms with Gasteiger partial charge in [0.25, 0.3) is 10.0 Å². The molecule has 0 saturated carbocycles. The highest BCUT2D eigenvalue weighted by Gasteiger charge is 2.27. The van der Waals surface area contributed by atoms with Gasteiger partial charge in [0.2, 0.25) is 0 Å². The van der Waals surface area contributed by atoms with Gasteiger partial charge in [-0.05, 0) is 31.3 Å². The van der Waals surface area contributed by atoms with Crippen molar-refractivity contribution in [1.82, 2.24) is 19.3 Å². The molecule has 0 fully saturated rings. The fraction of sp³-hybridized carbons (Fsp3) is 0.100. The number of hydrogen-bond donors (Lipinski definition) is 3. The van der Waals surface area contributed by atoms with Crippen LogP contribution >= 0.6 is 11.6 Å². The Balaban J connectivity index is 0.000000414. The fourth-order valence-electron chi connectivity index (χ4n) is 2.57. The summed E-state index contributed by atoms with van der Waals surface area (Å²) < 4.78 is 41.8. The van der Waals surface area contributed by atoms with Crippen LogP contribution in [0.5, 0.6) is 0 Å². The van der Waals surface area contributed by atoms with Crippen molar-refractivity contribution in [2.45, 2.75) is 11.4 Å². The van der Waals surface area contributed by atoms with Crippen LogP contribution in [0, 0.1) is 5.82 Å². The first-order valence-electron chi connectivity index (χ1n) is 9.04. The van der Waals surface area contributed by atoms with Crippen molar-refractivity contribution in [3.05, 3.63) is 77.7 Å². The zero-order valence-electron chi connectivity index (χ0n) is 17.0. The van der Waals surface area contributed by atoms with Crippen LogP contribution in [0.25, 0.3) is 11.3 Å². The van der Waals surface area contributed by atoms with E-state index in [1.807, 2.05) is 0 Å². The Bertz CT molecular complexity index is 1260. The van der Waals surface area contributed by atoms with Gasteiger partial charge in [0.1, 0.15) is 15.7 Å². The molecule has 0 unspecified atom stereocenters. The number of aromatic nitrogens is 3. The quantitative estimate of drug-likeness (QED) is 0.330. The van der Waals surface area contributed by atoms with Crippen LogP contribution < -0.4 is 5.32 Å². The molecule has 0 amide bonds. The molecule has 0 atom stereocenters. The molecule has 174 valence electrons. The van der Waals surface area contributed by atoms with Crippen LogP contribution in [0.3, 0.4) is 0 Å². The zero-order chi connectivity index (χ0) is 24.6. The maximum atomic E-state index is 15.0. The van der Waals surface area contributed by atoms with E-state index in [0.717, 1.165) is 3.97 Å². The third-order valence-electron chi connectivity index (χ3n) is 3.92.